The van der Waals surface area contributed by atoms with E-state index in [-0.39, 0.29) is 23.1 Å². The molecule has 1 saturated heterocycles. The lowest BCUT2D eigenvalue weighted by Crippen LogP contribution is -2.35. The number of benzene rings is 1. The predicted octanol–water partition coefficient (Wildman–Crippen LogP) is -0.162. The number of hydrogen-bond acceptors (Lipinski definition) is 4. The van der Waals surface area contributed by atoms with Crippen LogP contribution in [0.15, 0.2) is 35.1 Å². The first-order chi connectivity index (χ1) is 10.1. The second kappa shape index (κ2) is 5.67. The molecule has 0 radical (unpaired) electrons. The van der Waals surface area contributed by atoms with Crippen LogP contribution in [-0.2, 0) is 0 Å². The van der Waals surface area contributed by atoms with E-state index in [0.29, 0.717) is 25.0 Å². The first kappa shape index (κ1) is 13.8. The van der Waals surface area contributed by atoms with Crippen LogP contribution in [0.3, 0.4) is 0 Å². The average molecular weight is 287 g/mol. The molecule has 1 aliphatic heterocycles. The van der Waals surface area contributed by atoms with Crippen LogP contribution in [0.4, 0.5) is 0 Å². The van der Waals surface area contributed by atoms with Crippen molar-refractivity contribution in [2.24, 2.45) is 5.92 Å². The second-order valence-electron chi connectivity index (χ2n) is 5.30. The smallest absolute Gasteiger partial charge is 0.267 e. The van der Waals surface area contributed by atoms with Crippen LogP contribution in [0.2, 0.25) is 0 Å². The number of aromatic amines is 1. The van der Waals surface area contributed by atoms with Crippen molar-refractivity contribution in [1.82, 2.24) is 15.6 Å². The number of amides is 1. The monoisotopic (exact) mass is 287 g/mol. The summed E-state index contributed by atoms with van der Waals surface area (Å²) in [5.41, 5.74) is -0.0417. The van der Waals surface area contributed by atoms with E-state index in [2.05, 4.69) is 15.6 Å². The van der Waals surface area contributed by atoms with Crippen LogP contribution in [-0.4, -0.2) is 41.7 Å². The minimum atomic E-state index is -0.444. The molecule has 1 fully saturated rings. The molecule has 2 aromatic rings. The molecular weight excluding hydrogens is 270 g/mol. The van der Waals surface area contributed by atoms with Gasteiger partial charge in [-0.25, -0.2) is 0 Å². The maximum absolute atomic E-state index is 12.1. The number of carbonyl (C=O) groups excluding carboxylic acids is 1. The Balaban J connectivity index is 1.77. The summed E-state index contributed by atoms with van der Waals surface area (Å²) in [6.07, 6.45) is -0.444. The van der Waals surface area contributed by atoms with E-state index in [1.54, 1.807) is 24.3 Å². The fourth-order valence-electron chi connectivity index (χ4n) is 2.58. The normalized spacial score (nSPS) is 21.6. The molecule has 6 nitrogen and oxygen atoms in total. The van der Waals surface area contributed by atoms with E-state index < -0.39 is 6.10 Å². The number of aliphatic hydroxyl groups is 1. The van der Waals surface area contributed by atoms with Crippen molar-refractivity contribution in [2.75, 3.05) is 19.6 Å². The molecule has 1 aromatic carbocycles. The fraction of sp³-hybridized carbons (Fsp3) is 0.333. The van der Waals surface area contributed by atoms with Crippen LogP contribution in [0.5, 0.6) is 0 Å². The minimum Gasteiger partial charge on any atom is -0.391 e. The lowest BCUT2D eigenvalue weighted by atomic mass is 10.1. The van der Waals surface area contributed by atoms with Crippen molar-refractivity contribution in [1.29, 1.82) is 0 Å². The highest BCUT2D eigenvalue weighted by molar-refractivity contribution is 5.96. The number of β-amino-alcohol motifs (C(OH)–C–C–N with tert-alkyl or cyclic N) is 1. The third kappa shape index (κ3) is 2.81. The van der Waals surface area contributed by atoms with Gasteiger partial charge in [-0.3, -0.25) is 9.59 Å². The van der Waals surface area contributed by atoms with E-state index in [1.165, 1.54) is 0 Å². The van der Waals surface area contributed by atoms with Gasteiger partial charge in [0.25, 0.3) is 11.5 Å². The van der Waals surface area contributed by atoms with Gasteiger partial charge in [0.1, 0.15) is 5.69 Å². The summed E-state index contributed by atoms with van der Waals surface area (Å²) in [6.45, 7) is 1.60. The third-order valence-electron chi connectivity index (χ3n) is 3.83. The zero-order valence-electron chi connectivity index (χ0n) is 11.4. The third-order valence-corrected chi connectivity index (χ3v) is 3.83. The Bertz CT molecular complexity index is 725. The number of rotatable bonds is 3. The summed E-state index contributed by atoms with van der Waals surface area (Å²) in [7, 11) is 0. The number of H-pyrrole nitrogens is 1. The number of aromatic nitrogens is 1. The number of aliphatic hydroxyl groups excluding tert-OH is 1. The standard InChI is InChI=1S/C15H17N3O3/c19-13-8-16-6-10(13)7-17-15(21)12-5-9-3-1-2-4-11(9)14(20)18-12/h1-5,10,13,16,19H,6-8H2,(H,17,21)(H,18,20). The molecule has 2 unspecified atom stereocenters. The van der Waals surface area contributed by atoms with Gasteiger partial charge in [0, 0.05) is 30.9 Å². The SMILES string of the molecule is O=C(NCC1CNCC1O)c1cc2ccccc2c(=O)[nH]1. The highest BCUT2D eigenvalue weighted by atomic mass is 16.3. The van der Waals surface area contributed by atoms with E-state index in [1.807, 2.05) is 6.07 Å². The van der Waals surface area contributed by atoms with E-state index in [4.69, 9.17) is 0 Å². The Kier molecular flexibility index (Phi) is 3.72. The Morgan fingerprint density at radius 2 is 2.14 bits per heavy atom. The molecule has 21 heavy (non-hydrogen) atoms. The first-order valence-electron chi connectivity index (χ1n) is 6.94. The maximum atomic E-state index is 12.1. The van der Waals surface area contributed by atoms with Crippen molar-refractivity contribution in [3.05, 3.63) is 46.4 Å². The van der Waals surface area contributed by atoms with E-state index in [0.717, 1.165) is 5.39 Å². The number of pyridine rings is 1. The van der Waals surface area contributed by atoms with Gasteiger partial charge in [-0.2, -0.15) is 0 Å². The number of fused-ring (bicyclic) bond motifs is 1. The zero-order chi connectivity index (χ0) is 14.8. The lowest BCUT2D eigenvalue weighted by molar-refractivity contribution is 0.0922. The molecule has 1 aromatic heterocycles. The molecule has 4 N–H and O–H groups in total. The van der Waals surface area contributed by atoms with Gasteiger partial charge in [0.05, 0.1) is 6.10 Å². The predicted molar refractivity (Wildman–Crippen MR) is 79.3 cm³/mol. The van der Waals surface area contributed by atoms with Crippen LogP contribution >= 0.6 is 0 Å². The van der Waals surface area contributed by atoms with Gasteiger partial charge in [-0.05, 0) is 17.5 Å². The molecule has 0 spiro atoms. The highest BCUT2D eigenvalue weighted by Crippen LogP contribution is 2.10. The molecule has 0 aliphatic carbocycles. The fourth-order valence-corrected chi connectivity index (χ4v) is 2.58. The van der Waals surface area contributed by atoms with Crippen molar-refractivity contribution >= 4 is 16.7 Å². The van der Waals surface area contributed by atoms with Crippen LogP contribution in [0, 0.1) is 5.92 Å². The van der Waals surface area contributed by atoms with Crippen LogP contribution in [0.25, 0.3) is 10.8 Å². The van der Waals surface area contributed by atoms with Gasteiger partial charge >= 0.3 is 0 Å². The van der Waals surface area contributed by atoms with E-state index >= 15 is 0 Å². The summed E-state index contributed by atoms with van der Waals surface area (Å²) in [5, 5.41) is 16.8. The summed E-state index contributed by atoms with van der Waals surface area (Å²) in [5.74, 6) is -0.335. The van der Waals surface area contributed by atoms with Crippen molar-refractivity contribution in [2.45, 2.75) is 6.10 Å². The molecule has 2 atom stereocenters. The molecule has 3 rings (SSSR count). The number of carbonyl (C=O) groups is 1. The van der Waals surface area contributed by atoms with Crippen LogP contribution < -0.4 is 16.2 Å². The summed E-state index contributed by atoms with van der Waals surface area (Å²) >= 11 is 0. The largest absolute Gasteiger partial charge is 0.391 e. The topological polar surface area (TPSA) is 94.2 Å². The summed E-state index contributed by atoms with van der Waals surface area (Å²) < 4.78 is 0. The zero-order valence-corrected chi connectivity index (χ0v) is 11.4. The van der Waals surface area contributed by atoms with E-state index in [9.17, 15) is 14.7 Å². The van der Waals surface area contributed by atoms with Gasteiger partial charge in [-0.1, -0.05) is 18.2 Å². The lowest BCUT2D eigenvalue weighted by Gasteiger charge is -2.14. The molecule has 1 aliphatic rings. The molecule has 0 bridgehead atoms. The molecule has 1 amide bonds. The number of hydrogen-bond donors (Lipinski definition) is 4. The van der Waals surface area contributed by atoms with Crippen molar-refractivity contribution in [3.8, 4) is 0 Å². The Hall–Kier alpha value is -2.18. The summed E-state index contributed by atoms with van der Waals surface area (Å²) in [6, 6.07) is 8.79. The first-order valence-corrected chi connectivity index (χ1v) is 6.94. The average Bonchev–Trinajstić information content (AvgIpc) is 2.90. The molecule has 110 valence electrons. The maximum Gasteiger partial charge on any atom is 0.267 e. The molecule has 0 saturated carbocycles. The highest BCUT2D eigenvalue weighted by Gasteiger charge is 2.25. The van der Waals surface area contributed by atoms with Gasteiger partial charge in [-0.15, -0.1) is 0 Å². The van der Waals surface area contributed by atoms with Crippen molar-refractivity contribution in [3.63, 3.8) is 0 Å². The summed E-state index contributed by atoms with van der Waals surface area (Å²) in [4.78, 5) is 26.6. The van der Waals surface area contributed by atoms with Crippen LogP contribution in [0.1, 0.15) is 10.5 Å². The Morgan fingerprint density at radius 1 is 1.33 bits per heavy atom. The quantitative estimate of drug-likeness (QED) is 0.631. The molecular formula is C15H17N3O3. The van der Waals surface area contributed by atoms with Crippen molar-refractivity contribution < 1.29 is 9.90 Å². The second-order valence-corrected chi connectivity index (χ2v) is 5.30. The Labute approximate surface area is 121 Å². The molecule has 2 heterocycles. The van der Waals surface area contributed by atoms with Gasteiger partial charge in [0.15, 0.2) is 0 Å². The number of nitrogens with one attached hydrogen (secondary N) is 3. The molecule has 6 heteroatoms. The minimum absolute atomic E-state index is 0.00104. The van der Waals surface area contributed by atoms with Gasteiger partial charge < -0.3 is 20.7 Å². The Morgan fingerprint density at radius 3 is 2.90 bits per heavy atom. The van der Waals surface area contributed by atoms with Gasteiger partial charge in [0.2, 0.25) is 0 Å².